The second kappa shape index (κ2) is 5.73. The summed E-state index contributed by atoms with van der Waals surface area (Å²) in [5.74, 6) is -1.90. The van der Waals surface area contributed by atoms with Crippen molar-refractivity contribution in [1.29, 1.82) is 21.2 Å². The Balaban J connectivity index is 2.27. The van der Waals surface area contributed by atoms with Crippen molar-refractivity contribution in [3.63, 3.8) is 0 Å². The van der Waals surface area contributed by atoms with Crippen LogP contribution in [0.4, 0.5) is 0 Å². The van der Waals surface area contributed by atoms with Gasteiger partial charge in [0.2, 0.25) is 11.7 Å². The van der Waals surface area contributed by atoms with E-state index in [0.29, 0.717) is 17.7 Å². The van der Waals surface area contributed by atoms with Gasteiger partial charge < -0.3 is 14.2 Å². The van der Waals surface area contributed by atoms with Crippen LogP contribution in [0.2, 0.25) is 0 Å². The lowest BCUT2D eigenvalue weighted by molar-refractivity contribution is -0.285. The molecule has 2 aliphatic rings. The monoisotopic (exact) mass is 350 g/mol. The van der Waals surface area contributed by atoms with E-state index in [2.05, 4.69) is 6.07 Å². The van der Waals surface area contributed by atoms with Crippen LogP contribution in [-0.4, -0.2) is 19.1 Å². The van der Waals surface area contributed by atoms with Gasteiger partial charge in [0.25, 0.3) is 0 Å². The number of nitrogens with one attached hydrogen (secondary N) is 1. The fraction of sp³-hybridized carbons (Fsp3) is 0.474. The maximum Gasteiger partial charge on any atom is 0.243 e. The molecule has 2 saturated heterocycles. The molecule has 1 aromatic rings. The van der Waals surface area contributed by atoms with Gasteiger partial charge in [-0.15, -0.1) is 0 Å². The molecular formula is C19H18N4O3. The zero-order valence-electron chi connectivity index (χ0n) is 14.7. The highest BCUT2D eigenvalue weighted by atomic mass is 16.7. The SMILES string of the molecule is CCC1OC2(c3ccc(OC)cc3)OC(=N)C(C#N)(C2C)C1(C#N)C#N. The van der Waals surface area contributed by atoms with Gasteiger partial charge in [-0.3, -0.25) is 5.41 Å². The first-order valence-corrected chi connectivity index (χ1v) is 8.26. The first-order chi connectivity index (χ1) is 12.4. The lowest BCUT2D eigenvalue weighted by Crippen LogP contribution is -2.60. The minimum Gasteiger partial charge on any atom is -0.497 e. The standard InChI is InChI=1S/C19H18N4O3/c1-4-15-17(9-20,10-21)18(11-22)12(2)19(25-15,26-16(18)23)13-5-7-14(24-3)8-6-13/h5-8,12,15,23H,4H2,1-3H3. The van der Waals surface area contributed by atoms with Crippen LogP contribution in [0.3, 0.4) is 0 Å². The minimum atomic E-state index is -1.82. The maximum atomic E-state index is 10.0. The lowest BCUT2D eigenvalue weighted by atomic mass is 9.54. The van der Waals surface area contributed by atoms with Gasteiger partial charge in [-0.25, -0.2) is 0 Å². The van der Waals surface area contributed by atoms with Crippen LogP contribution in [0.15, 0.2) is 24.3 Å². The summed E-state index contributed by atoms with van der Waals surface area (Å²) in [7, 11) is 1.55. The maximum absolute atomic E-state index is 10.0. The molecule has 0 aliphatic carbocycles. The molecule has 1 N–H and O–H groups in total. The van der Waals surface area contributed by atoms with Gasteiger partial charge in [-0.1, -0.05) is 13.8 Å². The molecule has 2 bridgehead atoms. The highest BCUT2D eigenvalue weighted by Crippen LogP contribution is 2.65. The molecule has 4 atom stereocenters. The molecule has 132 valence electrons. The van der Waals surface area contributed by atoms with E-state index in [9.17, 15) is 15.8 Å². The summed E-state index contributed by atoms with van der Waals surface area (Å²) in [6.07, 6.45) is -0.551. The zero-order valence-corrected chi connectivity index (χ0v) is 14.7. The van der Waals surface area contributed by atoms with E-state index in [1.165, 1.54) is 0 Å². The van der Waals surface area contributed by atoms with Gasteiger partial charge in [0.05, 0.1) is 37.3 Å². The van der Waals surface area contributed by atoms with Crippen molar-refractivity contribution < 1.29 is 14.2 Å². The summed E-state index contributed by atoms with van der Waals surface area (Å²) < 4.78 is 17.2. The molecule has 0 aromatic heterocycles. The highest BCUT2D eigenvalue weighted by Gasteiger charge is 2.79. The Kier molecular flexibility index (Phi) is 3.91. The van der Waals surface area contributed by atoms with Crippen molar-refractivity contribution in [3.05, 3.63) is 29.8 Å². The molecule has 2 heterocycles. The predicted molar refractivity (Wildman–Crippen MR) is 89.5 cm³/mol. The molecule has 0 radical (unpaired) electrons. The molecule has 0 spiro atoms. The summed E-state index contributed by atoms with van der Waals surface area (Å²) >= 11 is 0. The van der Waals surface area contributed by atoms with Crippen LogP contribution in [0.5, 0.6) is 5.75 Å². The predicted octanol–water partition coefficient (Wildman–Crippen LogP) is 2.84. The van der Waals surface area contributed by atoms with Crippen LogP contribution in [0.25, 0.3) is 0 Å². The zero-order chi connectivity index (χ0) is 19.2. The summed E-state index contributed by atoms with van der Waals surface area (Å²) in [4.78, 5) is 0. The van der Waals surface area contributed by atoms with Crippen molar-refractivity contribution in [2.45, 2.75) is 32.2 Å². The van der Waals surface area contributed by atoms with Crippen molar-refractivity contribution in [3.8, 4) is 24.0 Å². The number of hydrogen-bond acceptors (Lipinski definition) is 7. The number of methoxy groups -OCH3 is 1. The van der Waals surface area contributed by atoms with Gasteiger partial charge in [-0.2, -0.15) is 15.8 Å². The van der Waals surface area contributed by atoms with Gasteiger partial charge >= 0.3 is 0 Å². The molecule has 0 amide bonds. The minimum absolute atomic E-state index is 0.325. The summed E-state index contributed by atoms with van der Waals surface area (Å²) in [6, 6.07) is 13.0. The van der Waals surface area contributed by atoms with E-state index in [1.54, 1.807) is 45.2 Å². The number of nitriles is 3. The molecule has 0 saturated carbocycles. The Morgan fingerprint density at radius 3 is 2.23 bits per heavy atom. The average molecular weight is 350 g/mol. The topological polar surface area (TPSA) is 123 Å². The van der Waals surface area contributed by atoms with E-state index >= 15 is 0 Å². The Hall–Kier alpha value is -3.08. The Morgan fingerprint density at radius 1 is 1.15 bits per heavy atom. The van der Waals surface area contributed by atoms with E-state index in [-0.39, 0.29) is 0 Å². The normalized spacial score (nSPS) is 34.1. The fourth-order valence-electron chi connectivity index (χ4n) is 4.17. The van der Waals surface area contributed by atoms with E-state index < -0.39 is 34.5 Å². The number of fused-ring (bicyclic) bond motifs is 2. The fourth-order valence-corrected chi connectivity index (χ4v) is 4.17. The van der Waals surface area contributed by atoms with Crippen molar-refractivity contribution >= 4 is 5.90 Å². The largest absolute Gasteiger partial charge is 0.497 e. The smallest absolute Gasteiger partial charge is 0.243 e. The molecule has 4 unspecified atom stereocenters. The molecule has 2 fully saturated rings. The summed E-state index contributed by atoms with van der Waals surface area (Å²) in [5, 5.41) is 38.1. The second-order valence-electron chi connectivity index (χ2n) is 6.52. The summed E-state index contributed by atoms with van der Waals surface area (Å²) in [6.45, 7) is 3.46. The van der Waals surface area contributed by atoms with Crippen LogP contribution >= 0.6 is 0 Å². The number of hydrogen-bond donors (Lipinski definition) is 1. The molecule has 7 heteroatoms. The van der Waals surface area contributed by atoms with E-state index in [4.69, 9.17) is 19.6 Å². The Morgan fingerprint density at radius 2 is 1.77 bits per heavy atom. The molecular weight excluding hydrogens is 332 g/mol. The van der Waals surface area contributed by atoms with Crippen LogP contribution in [-0.2, 0) is 15.3 Å². The van der Waals surface area contributed by atoms with Gasteiger partial charge in [-0.05, 0) is 30.7 Å². The van der Waals surface area contributed by atoms with Crippen LogP contribution in [0, 0.1) is 56.2 Å². The molecule has 7 nitrogen and oxygen atoms in total. The molecule has 3 rings (SSSR count). The summed E-state index contributed by atoms with van der Waals surface area (Å²) in [5.41, 5.74) is -2.93. The van der Waals surface area contributed by atoms with Crippen molar-refractivity contribution in [2.75, 3.05) is 7.11 Å². The van der Waals surface area contributed by atoms with Gasteiger partial charge in [0.1, 0.15) is 5.75 Å². The number of benzene rings is 1. The van der Waals surface area contributed by atoms with Gasteiger partial charge in [0, 0.05) is 5.56 Å². The first kappa shape index (κ1) is 17.7. The average Bonchev–Trinajstić information content (AvgIpc) is 2.84. The third kappa shape index (κ3) is 1.75. The van der Waals surface area contributed by atoms with E-state index in [1.807, 2.05) is 12.1 Å². The number of nitrogens with zero attached hydrogens (tertiary/aromatic N) is 3. The lowest BCUT2D eigenvalue weighted by Gasteiger charge is -2.48. The Labute approximate surface area is 151 Å². The third-order valence-electron chi connectivity index (χ3n) is 5.65. The van der Waals surface area contributed by atoms with Crippen molar-refractivity contribution in [1.82, 2.24) is 0 Å². The van der Waals surface area contributed by atoms with Crippen molar-refractivity contribution in [2.24, 2.45) is 16.7 Å². The highest BCUT2D eigenvalue weighted by molar-refractivity contribution is 5.89. The second-order valence-corrected chi connectivity index (χ2v) is 6.52. The van der Waals surface area contributed by atoms with Crippen LogP contribution in [0.1, 0.15) is 25.8 Å². The molecule has 2 aliphatic heterocycles. The number of rotatable bonds is 3. The first-order valence-electron chi connectivity index (χ1n) is 8.26. The Bertz CT molecular complexity index is 862. The van der Waals surface area contributed by atoms with E-state index in [0.717, 1.165) is 0 Å². The number of ether oxygens (including phenoxy) is 3. The quantitative estimate of drug-likeness (QED) is 0.894. The van der Waals surface area contributed by atoms with Crippen LogP contribution < -0.4 is 4.74 Å². The molecule has 1 aromatic carbocycles. The third-order valence-corrected chi connectivity index (χ3v) is 5.65. The van der Waals surface area contributed by atoms with Gasteiger partial charge in [0.15, 0.2) is 10.8 Å². The molecule has 26 heavy (non-hydrogen) atoms.